The lowest BCUT2D eigenvalue weighted by Gasteiger charge is -2.21. The molecule has 2 unspecified atom stereocenters. The highest BCUT2D eigenvalue weighted by molar-refractivity contribution is 6.01. The Morgan fingerprint density at radius 1 is 1.14 bits per heavy atom. The molecular formula is C17H24O4. The fourth-order valence-electron chi connectivity index (χ4n) is 2.25. The lowest BCUT2D eigenvalue weighted by atomic mass is 9.91. The van der Waals surface area contributed by atoms with Gasteiger partial charge in [0.05, 0.1) is 7.11 Å². The Morgan fingerprint density at radius 3 is 2.33 bits per heavy atom. The molecule has 0 aliphatic carbocycles. The molecule has 0 N–H and O–H groups in total. The van der Waals surface area contributed by atoms with E-state index in [1.54, 1.807) is 0 Å². The molecule has 0 saturated carbocycles. The number of esters is 1. The monoisotopic (exact) mass is 292 g/mol. The van der Waals surface area contributed by atoms with E-state index in [1.165, 1.54) is 7.11 Å². The van der Waals surface area contributed by atoms with Crippen molar-refractivity contribution in [1.29, 1.82) is 0 Å². The first-order chi connectivity index (χ1) is 10.2. The number of carbonyl (C=O) groups excluding carboxylic acids is 2. The van der Waals surface area contributed by atoms with Crippen LogP contribution < -0.4 is 0 Å². The first-order valence-corrected chi connectivity index (χ1v) is 7.43. The van der Waals surface area contributed by atoms with Gasteiger partial charge in [-0.05, 0) is 18.9 Å². The predicted molar refractivity (Wildman–Crippen MR) is 80.8 cm³/mol. The summed E-state index contributed by atoms with van der Waals surface area (Å²) in [5.41, 5.74) is 0.773. The van der Waals surface area contributed by atoms with Crippen molar-refractivity contribution in [2.75, 3.05) is 13.7 Å². The van der Waals surface area contributed by atoms with Crippen LogP contribution in [-0.2, 0) is 19.1 Å². The Bertz CT molecular complexity index is 441. The summed E-state index contributed by atoms with van der Waals surface area (Å²) in [6, 6.07) is 9.27. The second-order valence-corrected chi connectivity index (χ2v) is 4.87. The van der Waals surface area contributed by atoms with Crippen molar-refractivity contribution in [1.82, 2.24) is 0 Å². The molecule has 21 heavy (non-hydrogen) atoms. The molecule has 4 heteroatoms. The first-order valence-electron chi connectivity index (χ1n) is 7.43. The van der Waals surface area contributed by atoms with Crippen LogP contribution in [0, 0.1) is 5.92 Å². The Morgan fingerprint density at radius 2 is 1.81 bits per heavy atom. The van der Waals surface area contributed by atoms with Gasteiger partial charge in [0, 0.05) is 6.61 Å². The number of unbranched alkanes of at least 4 members (excludes halogenated alkanes) is 1. The number of hydrogen-bond donors (Lipinski definition) is 0. The van der Waals surface area contributed by atoms with Crippen LogP contribution in [-0.4, -0.2) is 25.5 Å². The molecule has 0 aliphatic heterocycles. The van der Waals surface area contributed by atoms with Crippen LogP contribution in [0.4, 0.5) is 0 Å². The number of hydrogen-bond acceptors (Lipinski definition) is 4. The van der Waals surface area contributed by atoms with Gasteiger partial charge in [-0.1, -0.05) is 50.1 Å². The quantitative estimate of drug-likeness (QED) is 0.517. The van der Waals surface area contributed by atoms with E-state index in [9.17, 15) is 9.59 Å². The average molecular weight is 292 g/mol. The van der Waals surface area contributed by atoms with Crippen molar-refractivity contribution in [3.05, 3.63) is 35.9 Å². The SMILES string of the molecule is CCCCC(C(=O)OC)C(=O)C(OCC)c1ccccc1. The molecule has 0 bridgehead atoms. The molecule has 0 amide bonds. The fourth-order valence-corrected chi connectivity index (χ4v) is 2.25. The molecule has 0 heterocycles. The van der Waals surface area contributed by atoms with E-state index in [0.29, 0.717) is 13.0 Å². The average Bonchev–Trinajstić information content (AvgIpc) is 2.53. The van der Waals surface area contributed by atoms with Crippen molar-refractivity contribution >= 4 is 11.8 Å². The summed E-state index contributed by atoms with van der Waals surface area (Å²) in [7, 11) is 1.31. The van der Waals surface area contributed by atoms with Gasteiger partial charge >= 0.3 is 5.97 Å². The van der Waals surface area contributed by atoms with E-state index < -0.39 is 18.0 Å². The Hall–Kier alpha value is -1.68. The van der Waals surface area contributed by atoms with E-state index in [1.807, 2.05) is 44.2 Å². The minimum absolute atomic E-state index is 0.219. The number of Topliss-reactive ketones (excluding diaryl/α,β-unsaturated/α-hetero) is 1. The summed E-state index contributed by atoms with van der Waals surface area (Å²) in [6.45, 7) is 4.27. The molecular weight excluding hydrogens is 268 g/mol. The molecule has 0 aromatic heterocycles. The standard InChI is InChI=1S/C17H24O4/c1-4-6-12-14(17(19)20-3)15(18)16(21-5-2)13-10-8-7-9-11-13/h7-11,14,16H,4-6,12H2,1-3H3. The number of methoxy groups -OCH3 is 1. The van der Waals surface area contributed by atoms with Crippen LogP contribution in [0.15, 0.2) is 30.3 Å². The second kappa shape index (κ2) is 9.29. The van der Waals surface area contributed by atoms with E-state index in [2.05, 4.69) is 0 Å². The number of rotatable bonds is 9. The van der Waals surface area contributed by atoms with Crippen LogP contribution in [0.5, 0.6) is 0 Å². The van der Waals surface area contributed by atoms with Crippen molar-refractivity contribution in [3.8, 4) is 0 Å². The van der Waals surface area contributed by atoms with Gasteiger partial charge in [-0.25, -0.2) is 0 Å². The molecule has 0 aliphatic rings. The van der Waals surface area contributed by atoms with Crippen LogP contribution in [0.25, 0.3) is 0 Å². The van der Waals surface area contributed by atoms with Crippen molar-refractivity contribution in [3.63, 3.8) is 0 Å². The van der Waals surface area contributed by atoms with Crippen LogP contribution in [0.3, 0.4) is 0 Å². The largest absolute Gasteiger partial charge is 0.468 e. The highest BCUT2D eigenvalue weighted by Gasteiger charge is 2.33. The molecule has 1 aromatic rings. The van der Waals surface area contributed by atoms with Gasteiger partial charge in [-0.2, -0.15) is 0 Å². The number of ether oxygens (including phenoxy) is 2. The molecule has 1 rings (SSSR count). The Labute approximate surface area is 126 Å². The van der Waals surface area contributed by atoms with E-state index in [4.69, 9.17) is 9.47 Å². The molecule has 0 radical (unpaired) electrons. The lowest BCUT2D eigenvalue weighted by molar-refractivity contribution is -0.153. The lowest BCUT2D eigenvalue weighted by Crippen LogP contribution is -2.31. The third-order valence-corrected chi connectivity index (χ3v) is 3.37. The Kier molecular flexibility index (Phi) is 7.69. The third kappa shape index (κ3) is 4.97. The molecule has 2 atom stereocenters. The van der Waals surface area contributed by atoms with E-state index >= 15 is 0 Å². The van der Waals surface area contributed by atoms with E-state index in [0.717, 1.165) is 18.4 Å². The van der Waals surface area contributed by atoms with Crippen molar-refractivity contribution in [2.45, 2.75) is 39.2 Å². The smallest absolute Gasteiger partial charge is 0.316 e. The van der Waals surface area contributed by atoms with Gasteiger partial charge in [0.25, 0.3) is 0 Å². The highest BCUT2D eigenvalue weighted by atomic mass is 16.5. The molecule has 1 aromatic carbocycles. The van der Waals surface area contributed by atoms with Gasteiger partial charge < -0.3 is 9.47 Å². The normalized spacial score (nSPS) is 13.5. The molecule has 0 fully saturated rings. The number of ketones is 1. The van der Waals surface area contributed by atoms with Gasteiger partial charge in [0.15, 0.2) is 5.78 Å². The summed E-state index contributed by atoms with van der Waals surface area (Å²) < 4.78 is 10.4. The van der Waals surface area contributed by atoms with Gasteiger partial charge in [-0.15, -0.1) is 0 Å². The molecule has 116 valence electrons. The zero-order valence-electron chi connectivity index (χ0n) is 13.0. The molecule has 0 spiro atoms. The minimum Gasteiger partial charge on any atom is -0.468 e. The van der Waals surface area contributed by atoms with Crippen LogP contribution in [0.1, 0.15) is 44.8 Å². The fraction of sp³-hybridized carbons (Fsp3) is 0.529. The maximum Gasteiger partial charge on any atom is 0.316 e. The first kappa shape index (κ1) is 17.4. The van der Waals surface area contributed by atoms with Crippen molar-refractivity contribution in [2.24, 2.45) is 5.92 Å². The van der Waals surface area contributed by atoms with E-state index in [-0.39, 0.29) is 5.78 Å². The summed E-state index contributed by atoms with van der Waals surface area (Å²) in [6.07, 6.45) is 1.51. The van der Waals surface area contributed by atoms with Gasteiger partial charge in [-0.3, -0.25) is 9.59 Å². The second-order valence-electron chi connectivity index (χ2n) is 4.87. The van der Waals surface area contributed by atoms with Gasteiger partial charge in [0.1, 0.15) is 12.0 Å². The maximum absolute atomic E-state index is 12.7. The summed E-state index contributed by atoms with van der Waals surface area (Å²) in [5, 5.41) is 0. The van der Waals surface area contributed by atoms with Crippen molar-refractivity contribution < 1.29 is 19.1 Å². The summed E-state index contributed by atoms with van der Waals surface area (Å²) in [5.74, 6) is -1.45. The van der Waals surface area contributed by atoms with Crippen LogP contribution in [0.2, 0.25) is 0 Å². The topological polar surface area (TPSA) is 52.6 Å². The zero-order chi connectivity index (χ0) is 15.7. The third-order valence-electron chi connectivity index (χ3n) is 3.37. The molecule has 0 saturated heterocycles. The van der Waals surface area contributed by atoms with Crippen LogP contribution >= 0.6 is 0 Å². The number of carbonyl (C=O) groups is 2. The van der Waals surface area contributed by atoms with Gasteiger partial charge in [0.2, 0.25) is 0 Å². The predicted octanol–water partition coefficient (Wildman–Crippen LogP) is 3.31. The maximum atomic E-state index is 12.7. The summed E-state index contributed by atoms with van der Waals surface area (Å²) >= 11 is 0. The highest BCUT2D eigenvalue weighted by Crippen LogP contribution is 2.25. The Balaban J connectivity index is 2.98. The molecule has 4 nitrogen and oxygen atoms in total. The minimum atomic E-state index is -0.758. The number of benzene rings is 1. The zero-order valence-corrected chi connectivity index (χ0v) is 13.0. The summed E-state index contributed by atoms with van der Waals surface area (Å²) in [4.78, 5) is 24.6.